The highest BCUT2D eigenvalue weighted by Crippen LogP contribution is 2.35. The molecular weight excluding hydrogens is 330 g/mol. The summed E-state index contributed by atoms with van der Waals surface area (Å²) in [6, 6.07) is 7.54. The van der Waals surface area contributed by atoms with Crippen LogP contribution in [-0.2, 0) is 4.74 Å². The molecule has 1 aromatic carbocycles. The monoisotopic (exact) mass is 353 g/mol. The molecule has 6 heteroatoms. The van der Waals surface area contributed by atoms with Crippen molar-refractivity contribution in [3.63, 3.8) is 0 Å². The van der Waals surface area contributed by atoms with Crippen LogP contribution in [0.1, 0.15) is 36.0 Å². The maximum Gasteiger partial charge on any atom is 0.253 e. The Balaban J connectivity index is 1.42. The minimum Gasteiger partial charge on any atom is -0.390 e. The van der Waals surface area contributed by atoms with Crippen molar-refractivity contribution in [2.24, 2.45) is 0 Å². The Morgan fingerprint density at radius 3 is 2.46 bits per heavy atom. The van der Waals surface area contributed by atoms with Gasteiger partial charge in [0, 0.05) is 43.2 Å². The first kappa shape index (κ1) is 17.1. The molecule has 1 aromatic heterocycles. The highest BCUT2D eigenvalue weighted by Gasteiger charge is 2.44. The van der Waals surface area contributed by atoms with E-state index in [2.05, 4.69) is 9.97 Å². The Morgan fingerprint density at radius 2 is 1.81 bits per heavy atom. The molecule has 4 rings (SSSR count). The maximum absolute atomic E-state index is 12.8. The average molecular weight is 353 g/mol. The zero-order valence-electron chi connectivity index (χ0n) is 14.7. The molecule has 136 valence electrons. The van der Waals surface area contributed by atoms with E-state index >= 15 is 0 Å². The molecule has 3 heterocycles. The lowest BCUT2D eigenvalue weighted by atomic mass is 9.82. The van der Waals surface area contributed by atoms with Crippen molar-refractivity contribution in [3.8, 4) is 11.1 Å². The van der Waals surface area contributed by atoms with E-state index in [1.54, 1.807) is 12.4 Å². The van der Waals surface area contributed by atoms with E-state index in [1.807, 2.05) is 29.2 Å². The van der Waals surface area contributed by atoms with E-state index in [1.165, 1.54) is 6.33 Å². The fourth-order valence-corrected chi connectivity index (χ4v) is 3.91. The molecule has 1 atom stereocenters. The van der Waals surface area contributed by atoms with Crippen LogP contribution in [0.4, 0.5) is 0 Å². The van der Waals surface area contributed by atoms with Crippen LogP contribution in [0.2, 0.25) is 0 Å². The van der Waals surface area contributed by atoms with Gasteiger partial charge in [0.15, 0.2) is 0 Å². The molecule has 6 nitrogen and oxygen atoms in total. The minimum atomic E-state index is -0.452. The molecule has 0 radical (unpaired) electrons. The maximum atomic E-state index is 12.8. The van der Waals surface area contributed by atoms with Gasteiger partial charge >= 0.3 is 0 Å². The third-order valence-corrected chi connectivity index (χ3v) is 5.54. The van der Waals surface area contributed by atoms with E-state index in [0.717, 1.165) is 24.0 Å². The summed E-state index contributed by atoms with van der Waals surface area (Å²) in [5.74, 6) is 0.0287. The summed E-state index contributed by atoms with van der Waals surface area (Å²) < 4.78 is 5.92. The second-order valence-electron chi connectivity index (χ2n) is 7.07. The van der Waals surface area contributed by atoms with Crippen LogP contribution >= 0.6 is 0 Å². The fraction of sp³-hybridized carbons (Fsp3) is 0.450. The van der Waals surface area contributed by atoms with Crippen LogP contribution in [0.5, 0.6) is 0 Å². The first-order valence-corrected chi connectivity index (χ1v) is 9.15. The molecule has 1 spiro atoms. The lowest BCUT2D eigenvalue weighted by Crippen LogP contribution is -2.56. The van der Waals surface area contributed by atoms with Crippen molar-refractivity contribution in [2.45, 2.75) is 37.4 Å². The van der Waals surface area contributed by atoms with Crippen LogP contribution in [0.3, 0.4) is 0 Å². The van der Waals surface area contributed by atoms with Crippen LogP contribution < -0.4 is 0 Å². The van der Waals surface area contributed by atoms with Gasteiger partial charge in [-0.1, -0.05) is 12.1 Å². The Hall–Kier alpha value is -2.31. The van der Waals surface area contributed by atoms with Gasteiger partial charge in [-0.25, -0.2) is 9.97 Å². The first-order chi connectivity index (χ1) is 12.7. The molecule has 0 aliphatic carbocycles. The number of benzene rings is 1. The summed E-state index contributed by atoms with van der Waals surface area (Å²) in [4.78, 5) is 22.7. The number of ether oxygens (including phenoxy) is 1. The number of aliphatic hydroxyl groups is 1. The average Bonchev–Trinajstić information content (AvgIpc) is 2.71. The molecule has 2 aromatic rings. The summed E-state index contributed by atoms with van der Waals surface area (Å²) in [7, 11) is 0. The van der Waals surface area contributed by atoms with Crippen molar-refractivity contribution < 1.29 is 14.6 Å². The number of amides is 1. The quantitative estimate of drug-likeness (QED) is 0.896. The Labute approximate surface area is 152 Å². The summed E-state index contributed by atoms with van der Waals surface area (Å²) in [5, 5.41) is 10.3. The number of hydrogen-bond acceptors (Lipinski definition) is 5. The number of carbonyl (C=O) groups excluding carboxylic acids is 1. The topological polar surface area (TPSA) is 75.6 Å². The minimum absolute atomic E-state index is 0.0287. The molecule has 2 aliphatic rings. The molecule has 26 heavy (non-hydrogen) atoms. The van der Waals surface area contributed by atoms with Gasteiger partial charge in [-0.2, -0.15) is 0 Å². The first-order valence-electron chi connectivity index (χ1n) is 9.15. The molecule has 2 saturated heterocycles. The van der Waals surface area contributed by atoms with E-state index in [4.69, 9.17) is 4.74 Å². The zero-order valence-corrected chi connectivity index (χ0v) is 14.7. The highest BCUT2D eigenvalue weighted by atomic mass is 16.5. The normalized spacial score (nSPS) is 22.3. The standard InChI is InChI=1S/C20H23N3O3/c24-18-2-1-11-26-20(18)7-9-23(10-8-20)19(25)16-5-3-15(4-6-16)17-12-21-14-22-13-17/h3-6,12-14,18,24H,1-2,7-11H2. The number of piperidine rings is 1. The summed E-state index contributed by atoms with van der Waals surface area (Å²) in [6.07, 6.45) is 7.67. The van der Waals surface area contributed by atoms with Gasteiger partial charge in [0.05, 0.1) is 11.7 Å². The van der Waals surface area contributed by atoms with Crippen LogP contribution in [-0.4, -0.2) is 57.3 Å². The lowest BCUT2D eigenvalue weighted by molar-refractivity contribution is -0.174. The van der Waals surface area contributed by atoms with Crippen LogP contribution in [0.15, 0.2) is 43.0 Å². The molecule has 0 bridgehead atoms. The zero-order chi connectivity index (χ0) is 18.0. The van der Waals surface area contributed by atoms with E-state index in [9.17, 15) is 9.90 Å². The van der Waals surface area contributed by atoms with Gasteiger partial charge in [0.2, 0.25) is 0 Å². The Kier molecular flexibility index (Phi) is 4.70. The van der Waals surface area contributed by atoms with Gasteiger partial charge in [-0.3, -0.25) is 4.79 Å². The van der Waals surface area contributed by atoms with Crippen molar-refractivity contribution in [1.29, 1.82) is 0 Å². The second-order valence-corrected chi connectivity index (χ2v) is 7.07. The fourth-order valence-electron chi connectivity index (χ4n) is 3.91. The van der Waals surface area contributed by atoms with Gasteiger partial charge < -0.3 is 14.7 Å². The van der Waals surface area contributed by atoms with E-state index in [0.29, 0.717) is 38.1 Å². The van der Waals surface area contributed by atoms with E-state index in [-0.39, 0.29) is 5.91 Å². The van der Waals surface area contributed by atoms with Crippen molar-refractivity contribution in [3.05, 3.63) is 48.5 Å². The summed E-state index contributed by atoms with van der Waals surface area (Å²) >= 11 is 0. The summed E-state index contributed by atoms with van der Waals surface area (Å²) in [5.41, 5.74) is 2.13. The largest absolute Gasteiger partial charge is 0.390 e. The molecule has 0 saturated carbocycles. The molecule has 1 N–H and O–H groups in total. The summed E-state index contributed by atoms with van der Waals surface area (Å²) in [6.45, 7) is 1.93. The predicted octanol–water partition coefficient (Wildman–Crippen LogP) is 2.29. The molecular formula is C20H23N3O3. The van der Waals surface area contributed by atoms with Crippen molar-refractivity contribution in [1.82, 2.24) is 14.9 Å². The Bertz CT molecular complexity index is 756. The smallest absolute Gasteiger partial charge is 0.253 e. The van der Waals surface area contributed by atoms with Crippen LogP contribution in [0.25, 0.3) is 11.1 Å². The molecule has 1 unspecified atom stereocenters. The van der Waals surface area contributed by atoms with Gasteiger partial charge in [0.1, 0.15) is 6.33 Å². The molecule has 2 fully saturated rings. The molecule has 1 amide bonds. The number of carbonyl (C=O) groups is 1. The van der Waals surface area contributed by atoms with Crippen molar-refractivity contribution >= 4 is 5.91 Å². The highest BCUT2D eigenvalue weighted by molar-refractivity contribution is 5.94. The van der Waals surface area contributed by atoms with Gasteiger partial charge in [-0.15, -0.1) is 0 Å². The molecule has 2 aliphatic heterocycles. The second kappa shape index (κ2) is 7.13. The van der Waals surface area contributed by atoms with Gasteiger partial charge in [-0.05, 0) is 43.4 Å². The third kappa shape index (κ3) is 3.22. The number of aliphatic hydroxyl groups excluding tert-OH is 1. The number of nitrogens with zero attached hydrogens (tertiary/aromatic N) is 3. The SMILES string of the molecule is O=C(c1ccc(-c2cncnc2)cc1)N1CCC2(CC1)OCCCC2O. The van der Waals surface area contributed by atoms with E-state index < -0.39 is 11.7 Å². The van der Waals surface area contributed by atoms with Gasteiger partial charge in [0.25, 0.3) is 5.91 Å². The lowest BCUT2D eigenvalue weighted by Gasteiger charge is -2.46. The van der Waals surface area contributed by atoms with Crippen LogP contribution in [0, 0.1) is 0 Å². The predicted molar refractivity (Wildman–Crippen MR) is 96.5 cm³/mol. The number of aromatic nitrogens is 2. The third-order valence-electron chi connectivity index (χ3n) is 5.54. The van der Waals surface area contributed by atoms with Crippen molar-refractivity contribution in [2.75, 3.05) is 19.7 Å². The Morgan fingerprint density at radius 1 is 1.12 bits per heavy atom. The number of likely N-dealkylation sites (tertiary alicyclic amines) is 1. The number of rotatable bonds is 2. The number of hydrogen-bond donors (Lipinski definition) is 1.